The molecule has 0 fully saturated rings. The largest absolute Gasteiger partial charge is 0.497 e. The van der Waals surface area contributed by atoms with E-state index in [4.69, 9.17) is 4.74 Å². The Labute approximate surface area is 80.9 Å². The van der Waals surface area contributed by atoms with Gasteiger partial charge in [0.1, 0.15) is 11.4 Å². The summed E-state index contributed by atoms with van der Waals surface area (Å²) in [5, 5.41) is 5.56. The van der Waals surface area contributed by atoms with Gasteiger partial charge in [0.2, 0.25) is 0 Å². The Morgan fingerprint density at radius 2 is 2.38 bits per heavy atom. The second kappa shape index (κ2) is 4.51. The SMILES string of the molecule is COc1ccc(NC=S)c(N=O)c1. The van der Waals surface area contributed by atoms with Crippen LogP contribution in [0.2, 0.25) is 0 Å². The van der Waals surface area contributed by atoms with Gasteiger partial charge in [0, 0.05) is 6.07 Å². The Morgan fingerprint density at radius 3 is 2.92 bits per heavy atom. The van der Waals surface area contributed by atoms with Gasteiger partial charge in [-0.3, -0.25) is 0 Å². The minimum atomic E-state index is 0.278. The molecule has 0 amide bonds. The first-order valence-electron chi connectivity index (χ1n) is 3.53. The van der Waals surface area contributed by atoms with E-state index in [9.17, 15) is 4.91 Å². The predicted molar refractivity (Wildman–Crippen MR) is 55.7 cm³/mol. The number of thiocarbonyl (C=S) groups is 1. The fourth-order valence-electron chi connectivity index (χ4n) is 0.899. The summed E-state index contributed by atoms with van der Waals surface area (Å²) in [6.45, 7) is 0. The Balaban J connectivity index is 3.07. The van der Waals surface area contributed by atoms with Crippen LogP contribution in [-0.4, -0.2) is 12.6 Å². The third-order valence-corrected chi connectivity index (χ3v) is 1.64. The molecule has 0 aliphatic rings. The van der Waals surface area contributed by atoms with Crippen molar-refractivity contribution in [3.8, 4) is 5.75 Å². The van der Waals surface area contributed by atoms with Gasteiger partial charge in [-0.25, -0.2) is 0 Å². The quantitative estimate of drug-likeness (QED) is 0.593. The molecule has 0 heterocycles. The Bertz CT molecular complexity index is 328. The summed E-state index contributed by atoms with van der Waals surface area (Å²) in [5.41, 5.74) is 2.17. The molecule has 1 aromatic rings. The molecule has 1 aromatic carbocycles. The lowest BCUT2D eigenvalue weighted by atomic mass is 10.2. The molecule has 1 N–H and O–H groups in total. The zero-order valence-corrected chi connectivity index (χ0v) is 7.80. The van der Waals surface area contributed by atoms with Crippen molar-refractivity contribution in [2.45, 2.75) is 0 Å². The highest BCUT2D eigenvalue weighted by molar-refractivity contribution is 7.79. The van der Waals surface area contributed by atoms with E-state index in [1.54, 1.807) is 12.1 Å². The number of nitroso groups, excluding NO2 is 1. The first-order valence-corrected chi connectivity index (χ1v) is 4.00. The Kier molecular flexibility index (Phi) is 3.33. The Morgan fingerprint density at radius 1 is 1.62 bits per heavy atom. The first-order chi connectivity index (χ1) is 6.31. The van der Waals surface area contributed by atoms with Crippen LogP contribution in [0.25, 0.3) is 0 Å². The third kappa shape index (κ3) is 2.22. The van der Waals surface area contributed by atoms with Crippen LogP contribution in [0.4, 0.5) is 11.4 Å². The van der Waals surface area contributed by atoms with E-state index in [1.807, 2.05) is 0 Å². The summed E-state index contributed by atoms with van der Waals surface area (Å²) < 4.78 is 4.93. The molecule has 0 bridgehead atoms. The number of nitrogens with zero attached hydrogens (tertiary/aromatic N) is 1. The fraction of sp³-hybridized carbons (Fsp3) is 0.125. The predicted octanol–water partition coefficient (Wildman–Crippen LogP) is 2.46. The van der Waals surface area contributed by atoms with Gasteiger partial charge in [-0.1, -0.05) is 12.2 Å². The van der Waals surface area contributed by atoms with Crippen molar-refractivity contribution in [2.75, 3.05) is 12.4 Å². The second-order valence-corrected chi connectivity index (χ2v) is 2.47. The topological polar surface area (TPSA) is 50.7 Å². The lowest BCUT2D eigenvalue weighted by molar-refractivity contribution is 0.415. The van der Waals surface area contributed by atoms with Crippen LogP contribution in [0.3, 0.4) is 0 Å². The molecule has 68 valence electrons. The summed E-state index contributed by atoms with van der Waals surface area (Å²) in [5.74, 6) is 0.588. The smallest absolute Gasteiger partial charge is 0.135 e. The molecule has 0 radical (unpaired) electrons. The maximum atomic E-state index is 10.4. The molecule has 4 nitrogen and oxygen atoms in total. The van der Waals surface area contributed by atoms with Crippen molar-refractivity contribution in [3.05, 3.63) is 23.1 Å². The summed E-state index contributed by atoms with van der Waals surface area (Å²) in [4.78, 5) is 10.4. The highest BCUT2D eigenvalue weighted by Crippen LogP contribution is 2.28. The molecule has 0 aliphatic heterocycles. The number of methoxy groups -OCH3 is 1. The average molecular weight is 196 g/mol. The molecule has 1 rings (SSSR count). The standard InChI is InChI=1S/C8H8N2O2S/c1-12-6-2-3-7(9-5-13)8(4-6)10-11/h2-5H,1H3,(H,9,13). The lowest BCUT2D eigenvalue weighted by Crippen LogP contribution is -1.92. The van der Waals surface area contributed by atoms with E-state index >= 15 is 0 Å². The molecule has 5 heteroatoms. The zero-order valence-electron chi connectivity index (χ0n) is 6.98. The first kappa shape index (κ1) is 9.60. The van der Waals surface area contributed by atoms with Gasteiger partial charge < -0.3 is 10.1 Å². The second-order valence-electron chi connectivity index (χ2n) is 2.24. The normalized spacial score (nSPS) is 9.00. The van der Waals surface area contributed by atoms with Crippen LogP contribution in [0, 0.1) is 4.91 Å². The van der Waals surface area contributed by atoms with Gasteiger partial charge in [0.05, 0.1) is 18.3 Å². The molecule has 0 atom stereocenters. The summed E-state index contributed by atoms with van der Waals surface area (Å²) in [6.07, 6.45) is 0. The minimum Gasteiger partial charge on any atom is -0.497 e. The van der Waals surface area contributed by atoms with Crippen molar-refractivity contribution >= 4 is 29.1 Å². The highest BCUT2D eigenvalue weighted by Gasteiger charge is 2.02. The zero-order chi connectivity index (χ0) is 9.68. The summed E-state index contributed by atoms with van der Waals surface area (Å²) in [7, 11) is 1.52. The molecule has 0 unspecified atom stereocenters. The lowest BCUT2D eigenvalue weighted by Gasteiger charge is -2.04. The monoisotopic (exact) mass is 196 g/mol. The number of anilines is 1. The molecular formula is C8H8N2O2S. The van der Waals surface area contributed by atoms with Crippen LogP contribution in [0.15, 0.2) is 23.4 Å². The van der Waals surface area contributed by atoms with Crippen LogP contribution in [0.5, 0.6) is 5.75 Å². The van der Waals surface area contributed by atoms with Crippen LogP contribution >= 0.6 is 12.2 Å². The number of hydrogen-bond donors (Lipinski definition) is 1. The van der Waals surface area contributed by atoms with E-state index < -0.39 is 0 Å². The van der Waals surface area contributed by atoms with Crippen LogP contribution < -0.4 is 10.1 Å². The van der Waals surface area contributed by atoms with Crippen molar-refractivity contribution < 1.29 is 4.74 Å². The molecule has 0 aromatic heterocycles. The molecule has 0 aliphatic carbocycles. The van der Waals surface area contributed by atoms with Gasteiger partial charge >= 0.3 is 0 Å². The molecule has 0 saturated carbocycles. The van der Waals surface area contributed by atoms with Gasteiger partial charge in [-0.15, -0.1) is 4.91 Å². The maximum Gasteiger partial charge on any atom is 0.135 e. The van der Waals surface area contributed by atoms with Gasteiger partial charge in [0.15, 0.2) is 0 Å². The van der Waals surface area contributed by atoms with Crippen molar-refractivity contribution in [1.29, 1.82) is 0 Å². The average Bonchev–Trinajstić information content (AvgIpc) is 2.19. The molecule has 13 heavy (non-hydrogen) atoms. The van der Waals surface area contributed by atoms with Crippen molar-refractivity contribution in [3.63, 3.8) is 0 Å². The molecule has 0 spiro atoms. The molecule has 0 saturated heterocycles. The molecular weight excluding hydrogens is 188 g/mol. The van der Waals surface area contributed by atoms with E-state index in [0.29, 0.717) is 11.4 Å². The minimum absolute atomic E-state index is 0.278. The fourth-order valence-corrected chi connectivity index (χ4v) is 1.03. The summed E-state index contributed by atoms with van der Waals surface area (Å²) >= 11 is 4.59. The van der Waals surface area contributed by atoms with E-state index in [1.165, 1.54) is 18.7 Å². The maximum absolute atomic E-state index is 10.4. The third-order valence-electron chi connectivity index (χ3n) is 1.52. The van der Waals surface area contributed by atoms with Crippen LogP contribution in [-0.2, 0) is 0 Å². The van der Waals surface area contributed by atoms with Crippen molar-refractivity contribution in [1.82, 2.24) is 0 Å². The van der Waals surface area contributed by atoms with Crippen molar-refractivity contribution in [2.24, 2.45) is 5.18 Å². The van der Waals surface area contributed by atoms with E-state index in [2.05, 4.69) is 22.7 Å². The Hall–Kier alpha value is -1.49. The number of nitrogens with one attached hydrogen (secondary N) is 1. The number of hydrogen-bond acceptors (Lipinski definition) is 4. The highest BCUT2D eigenvalue weighted by atomic mass is 32.1. The van der Waals surface area contributed by atoms with Crippen LogP contribution in [0.1, 0.15) is 0 Å². The van der Waals surface area contributed by atoms with E-state index in [-0.39, 0.29) is 5.69 Å². The number of ether oxygens (including phenoxy) is 1. The number of benzene rings is 1. The van der Waals surface area contributed by atoms with Gasteiger partial charge in [-0.2, -0.15) is 0 Å². The van der Waals surface area contributed by atoms with Gasteiger partial charge in [0.25, 0.3) is 0 Å². The van der Waals surface area contributed by atoms with Gasteiger partial charge in [-0.05, 0) is 17.3 Å². The number of rotatable bonds is 4. The summed E-state index contributed by atoms with van der Waals surface area (Å²) in [6, 6.07) is 4.93. The van der Waals surface area contributed by atoms with E-state index in [0.717, 1.165) is 0 Å².